The van der Waals surface area contributed by atoms with Gasteiger partial charge in [-0.1, -0.05) is 13.0 Å². The van der Waals surface area contributed by atoms with Gasteiger partial charge in [0.1, 0.15) is 0 Å². The van der Waals surface area contributed by atoms with Crippen LogP contribution in [0.4, 0.5) is 0 Å². The molecule has 0 saturated carbocycles. The first-order valence-corrected chi connectivity index (χ1v) is 5.68. The van der Waals surface area contributed by atoms with E-state index in [1.54, 1.807) is 0 Å². The Morgan fingerprint density at radius 3 is 2.50 bits per heavy atom. The van der Waals surface area contributed by atoms with Crippen LogP contribution >= 0.6 is 0 Å². The third kappa shape index (κ3) is 1.45. The summed E-state index contributed by atoms with van der Waals surface area (Å²) in [6.07, 6.45) is 0.782. The standard InChI is InChI=1S/C14H17NO/c1-5-11-10(4)15-13-9(3)8(2)6-7-12(13)14(11)16/h6-7H,5H2,1-4H3,(H,15,16). The van der Waals surface area contributed by atoms with Crippen LogP contribution in [-0.2, 0) is 6.42 Å². The van der Waals surface area contributed by atoms with Gasteiger partial charge < -0.3 is 4.98 Å². The Morgan fingerprint density at radius 1 is 1.19 bits per heavy atom. The molecule has 1 aromatic carbocycles. The summed E-state index contributed by atoms with van der Waals surface area (Å²) in [6, 6.07) is 3.94. The van der Waals surface area contributed by atoms with Gasteiger partial charge in [0.15, 0.2) is 5.43 Å². The molecule has 2 heteroatoms. The zero-order chi connectivity index (χ0) is 11.9. The van der Waals surface area contributed by atoms with Crippen molar-refractivity contribution in [3.8, 4) is 0 Å². The number of nitrogens with one attached hydrogen (secondary N) is 1. The van der Waals surface area contributed by atoms with Crippen molar-refractivity contribution in [3.63, 3.8) is 0 Å². The third-order valence-electron chi connectivity index (χ3n) is 3.37. The molecule has 2 aromatic rings. The van der Waals surface area contributed by atoms with Crippen LogP contribution in [0.15, 0.2) is 16.9 Å². The number of aromatic nitrogens is 1. The average Bonchev–Trinajstić information content (AvgIpc) is 2.25. The number of fused-ring (bicyclic) bond motifs is 1. The molecule has 0 fully saturated rings. The molecule has 1 N–H and O–H groups in total. The smallest absolute Gasteiger partial charge is 0.192 e. The summed E-state index contributed by atoms with van der Waals surface area (Å²) < 4.78 is 0. The zero-order valence-electron chi connectivity index (χ0n) is 10.3. The Morgan fingerprint density at radius 2 is 1.88 bits per heavy atom. The van der Waals surface area contributed by atoms with Crippen molar-refractivity contribution in [1.82, 2.24) is 4.98 Å². The molecule has 0 unspecified atom stereocenters. The zero-order valence-corrected chi connectivity index (χ0v) is 10.3. The molecular formula is C14H17NO. The van der Waals surface area contributed by atoms with Gasteiger partial charge in [-0.25, -0.2) is 0 Å². The molecule has 84 valence electrons. The van der Waals surface area contributed by atoms with E-state index < -0.39 is 0 Å². The van der Waals surface area contributed by atoms with Gasteiger partial charge >= 0.3 is 0 Å². The van der Waals surface area contributed by atoms with Crippen LogP contribution in [-0.4, -0.2) is 4.98 Å². The van der Waals surface area contributed by atoms with E-state index in [9.17, 15) is 4.79 Å². The van der Waals surface area contributed by atoms with E-state index in [0.29, 0.717) is 0 Å². The number of pyridine rings is 1. The van der Waals surface area contributed by atoms with Crippen LogP contribution in [0, 0.1) is 20.8 Å². The number of aryl methyl sites for hydroxylation is 3. The van der Waals surface area contributed by atoms with Crippen LogP contribution in [0.3, 0.4) is 0 Å². The lowest BCUT2D eigenvalue weighted by Gasteiger charge is -2.09. The van der Waals surface area contributed by atoms with E-state index in [-0.39, 0.29) is 5.43 Å². The van der Waals surface area contributed by atoms with E-state index in [0.717, 1.165) is 28.6 Å². The minimum Gasteiger partial charge on any atom is -0.358 e. The van der Waals surface area contributed by atoms with Gasteiger partial charge in [-0.3, -0.25) is 4.79 Å². The minimum atomic E-state index is 0.178. The first-order valence-electron chi connectivity index (χ1n) is 5.68. The van der Waals surface area contributed by atoms with Crippen LogP contribution in [0.2, 0.25) is 0 Å². The van der Waals surface area contributed by atoms with Crippen molar-refractivity contribution in [2.75, 3.05) is 0 Å². The molecular weight excluding hydrogens is 198 g/mol. The number of benzene rings is 1. The van der Waals surface area contributed by atoms with Crippen molar-refractivity contribution in [2.45, 2.75) is 34.1 Å². The Labute approximate surface area is 95.3 Å². The van der Waals surface area contributed by atoms with Gasteiger partial charge in [-0.05, 0) is 44.4 Å². The van der Waals surface area contributed by atoms with E-state index in [1.807, 2.05) is 26.0 Å². The molecule has 0 amide bonds. The lowest BCUT2D eigenvalue weighted by molar-refractivity contribution is 1.05. The number of H-pyrrole nitrogens is 1. The average molecular weight is 215 g/mol. The van der Waals surface area contributed by atoms with Crippen LogP contribution in [0.5, 0.6) is 0 Å². The molecule has 1 heterocycles. The summed E-state index contributed by atoms with van der Waals surface area (Å²) in [4.78, 5) is 15.6. The monoisotopic (exact) mass is 215 g/mol. The van der Waals surface area contributed by atoms with Gasteiger partial charge in [-0.2, -0.15) is 0 Å². The molecule has 0 saturated heterocycles. The first-order chi connectivity index (χ1) is 7.56. The molecule has 2 nitrogen and oxygen atoms in total. The highest BCUT2D eigenvalue weighted by atomic mass is 16.1. The maximum absolute atomic E-state index is 12.2. The summed E-state index contributed by atoms with van der Waals surface area (Å²) in [5.74, 6) is 0. The topological polar surface area (TPSA) is 32.9 Å². The normalized spacial score (nSPS) is 11.0. The van der Waals surface area contributed by atoms with Crippen molar-refractivity contribution in [1.29, 1.82) is 0 Å². The van der Waals surface area contributed by atoms with Crippen molar-refractivity contribution >= 4 is 10.9 Å². The largest absolute Gasteiger partial charge is 0.358 e. The Bertz CT molecular complexity index is 608. The fourth-order valence-electron chi connectivity index (χ4n) is 2.19. The number of aromatic amines is 1. The SMILES string of the molecule is CCc1c(C)[nH]c2c(C)c(C)ccc2c1=O. The molecule has 2 rings (SSSR count). The molecule has 0 radical (unpaired) electrons. The van der Waals surface area contributed by atoms with Gasteiger partial charge in [0.2, 0.25) is 0 Å². The molecule has 0 aliphatic heterocycles. The molecule has 0 atom stereocenters. The van der Waals surface area contributed by atoms with Crippen LogP contribution in [0.1, 0.15) is 29.3 Å². The quantitative estimate of drug-likeness (QED) is 0.779. The summed E-state index contributed by atoms with van der Waals surface area (Å²) in [5, 5.41) is 0.811. The highest BCUT2D eigenvalue weighted by Crippen LogP contribution is 2.18. The van der Waals surface area contributed by atoms with Crippen LogP contribution < -0.4 is 5.43 Å². The summed E-state index contributed by atoms with van der Waals surface area (Å²) >= 11 is 0. The predicted octanol–water partition coefficient (Wildman–Crippen LogP) is 3.02. The third-order valence-corrected chi connectivity index (χ3v) is 3.37. The summed E-state index contributed by atoms with van der Waals surface area (Å²) in [7, 11) is 0. The van der Waals surface area contributed by atoms with Crippen molar-refractivity contribution in [2.24, 2.45) is 0 Å². The lowest BCUT2D eigenvalue weighted by Crippen LogP contribution is -2.13. The predicted molar refractivity (Wildman–Crippen MR) is 68.2 cm³/mol. The van der Waals surface area contributed by atoms with E-state index in [4.69, 9.17) is 0 Å². The second kappa shape index (κ2) is 3.78. The number of hydrogen-bond acceptors (Lipinski definition) is 1. The second-order valence-electron chi connectivity index (χ2n) is 4.34. The van der Waals surface area contributed by atoms with Crippen molar-refractivity contribution < 1.29 is 0 Å². The maximum atomic E-state index is 12.2. The number of rotatable bonds is 1. The van der Waals surface area contributed by atoms with Gasteiger partial charge in [0, 0.05) is 16.6 Å². The molecule has 0 bridgehead atoms. The van der Waals surface area contributed by atoms with E-state index >= 15 is 0 Å². The van der Waals surface area contributed by atoms with Crippen molar-refractivity contribution in [3.05, 3.63) is 44.7 Å². The Hall–Kier alpha value is -1.57. The van der Waals surface area contributed by atoms with E-state index in [1.165, 1.54) is 11.1 Å². The summed E-state index contributed by atoms with van der Waals surface area (Å²) in [5.41, 5.74) is 5.44. The van der Waals surface area contributed by atoms with Gasteiger partial charge in [0.05, 0.1) is 5.52 Å². The fraction of sp³-hybridized carbons (Fsp3) is 0.357. The number of hydrogen-bond donors (Lipinski definition) is 1. The maximum Gasteiger partial charge on any atom is 0.192 e. The van der Waals surface area contributed by atoms with E-state index in [2.05, 4.69) is 18.8 Å². The van der Waals surface area contributed by atoms with Crippen LogP contribution in [0.25, 0.3) is 10.9 Å². The summed E-state index contributed by atoms with van der Waals surface area (Å²) in [6.45, 7) is 8.11. The molecule has 1 aromatic heterocycles. The van der Waals surface area contributed by atoms with Gasteiger partial charge in [0.25, 0.3) is 0 Å². The molecule has 0 spiro atoms. The Kier molecular flexibility index (Phi) is 2.58. The minimum absolute atomic E-state index is 0.178. The first kappa shape index (κ1) is 10.9. The highest BCUT2D eigenvalue weighted by molar-refractivity contribution is 5.83. The van der Waals surface area contributed by atoms with Gasteiger partial charge in [-0.15, -0.1) is 0 Å². The molecule has 0 aliphatic carbocycles. The highest BCUT2D eigenvalue weighted by Gasteiger charge is 2.09. The Balaban J connectivity index is 2.99. The molecule has 0 aliphatic rings. The fourth-order valence-corrected chi connectivity index (χ4v) is 2.19. The lowest BCUT2D eigenvalue weighted by atomic mass is 10.0. The molecule has 16 heavy (non-hydrogen) atoms. The second-order valence-corrected chi connectivity index (χ2v) is 4.34.